The lowest BCUT2D eigenvalue weighted by Gasteiger charge is -2.31. The van der Waals surface area contributed by atoms with E-state index in [-0.39, 0.29) is 18.5 Å². The van der Waals surface area contributed by atoms with Crippen LogP contribution in [0.5, 0.6) is 0 Å². The maximum Gasteiger partial charge on any atom is 0.248 e. The zero-order valence-corrected chi connectivity index (χ0v) is 13.6. The van der Waals surface area contributed by atoms with E-state index in [1.54, 1.807) is 4.68 Å². The molecule has 8 nitrogen and oxygen atoms in total. The molecule has 0 atom stereocenters. The largest absolute Gasteiger partial charge is 0.292 e. The maximum absolute atomic E-state index is 12.5. The van der Waals surface area contributed by atoms with Crippen LogP contribution in [0.3, 0.4) is 0 Å². The first-order valence-electron chi connectivity index (χ1n) is 7.55. The predicted octanol–water partition coefficient (Wildman–Crippen LogP) is 0.756. The van der Waals surface area contributed by atoms with Crippen LogP contribution in [0.2, 0.25) is 0 Å². The van der Waals surface area contributed by atoms with Gasteiger partial charge in [0.1, 0.15) is 6.33 Å². The molecule has 1 amide bonds. The summed E-state index contributed by atoms with van der Waals surface area (Å²) in [6, 6.07) is 0.148. The predicted molar refractivity (Wildman–Crippen MR) is 80.7 cm³/mol. The number of sulfonamides is 1. The van der Waals surface area contributed by atoms with Gasteiger partial charge in [0.25, 0.3) is 0 Å². The van der Waals surface area contributed by atoms with Gasteiger partial charge in [0.15, 0.2) is 0 Å². The van der Waals surface area contributed by atoms with Gasteiger partial charge in [-0.05, 0) is 39.5 Å². The lowest BCUT2D eigenvalue weighted by molar-refractivity contribution is -0.116. The monoisotopic (exact) mass is 327 g/mol. The fraction of sp³-hybridized carbons (Fsp3) is 0.769. The minimum absolute atomic E-state index is 0.148. The highest BCUT2D eigenvalue weighted by Gasteiger charge is 2.58. The molecular formula is C13H21N5O3S. The Morgan fingerprint density at radius 3 is 2.73 bits per heavy atom. The normalized spacial score (nSPS) is 22.9. The van der Waals surface area contributed by atoms with Crippen LogP contribution in [0.25, 0.3) is 0 Å². The third-order valence-electron chi connectivity index (χ3n) is 4.34. The van der Waals surface area contributed by atoms with Gasteiger partial charge in [-0.1, -0.05) is 0 Å². The zero-order chi connectivity index (χ0) is 16.0. The minimum atomic E-state index is -3.36. The molecule has 1 aliphatic carbocycles. The molecule has 3 rings (SSSR count). The average Bonchev–Trinajstić information content (AvgIpc) is 3.07. The summed E-state index contributed by atoms with van der Waals surface area (Å²) in [6.45, 7) is 4.15. The number of amides is 1. The number of nitrogens with one attached hydrogen (secondary N) is 1. The van der Waals surface area contributed by atoms with Gasteiger partial charge >= 0.3 is 0 Å². The van der Waals surface area contributed by atoms with Gasteiger partial charge in [-0.2, -0.15) is 4.31 Å². The second-order valence-electron chi connectivity index (χ2n) is 6.32. The van der Waals surface area contributed by atoms with E-state index in [4.69, 9.17) is 0 Å². The SMILES string of the molecule is CC(C)n1cnc(NC(=O)CN2CCCC3(CC3)S2(=O)=O)n1. The van der Waals surface area contributed by atoms with Crippen LogP contribution in [0.1, 0.15) is 45.6 Å². The molecule has 2 fully saturated rings. The number of carbonyl (C=O) groups excluding carboxylic acids is 1. The Morgan fingerprint density at radius 2 is 2.14 bits per heavy atom. The van der Waals surface area contributed by atoms with E-state index < -0.39 is 20.7 Å². The molecule has 0 radical (unpaired) electrons. The van der Waals surface area contributed by atoms with Gasteiger partial charge in [-0.25, -0.2) is 18.1 Å². The Morgan fingerprint density at radius 1 is 1.41 bits per heavy atom. The molecule has 0 unspecified atom stereocenters. The summed E-state index contributed by atoms with van der Waals surface area (Å²) < 4.78 is 27.3. The Labute approximate surface area is 129 Å². The number of rotatable bonds is 4. The van der Waals surface area contributed by atoms with Crippen molar-refractivity contribution in [3.63, 3.8) is 0 Å². The summed E-state index contributed by atoms with van der Waals surface area (Å²) in [5, 5.41) is 6.69. The molecule has 0 bridgehead atoms. The molecule has 122 valence electrons. The number of anilines is 1. The standard InChI is InChI=1S/C13H21N5O3S/c1-10(2)18-9-14-12(16-18)15-11(19)8-17-7-3-4-13(5-6-13)22(17,20)21/h9-10H,3-8H2,1-2H3,(H,15,16,19). The van der Waals surface area contributed by atoms with Crippen LogP contribution in [0.4, 0.5) is 5.95 Å². The first-order chi connectivity index (χ1) is 10.3. The Balaban J connectivity index is 1.64. The fourth-order valence-electron chi connectivity index (χ4n) is 2.82. The second kappa shape index (κ2) is 5.31. The third kappa shape index (κ3) is 2.63. The molecular weight excluding hydrogens is 306 g/mol. The smallest absolute Gasteiger partial charge is 0.248 e. The van der Waals surface area contributed by atoms with Crippen molar-refractivity contribution in [3.8, 4) is 0 Å². The summed E-state index contributed by atoms with van der Waals surface area (Å²) in [5.41, 5.74) is 0. The summed E-state index contributed by atoms with van der Waals surface area (Å²) in [6.07, 6.45) is 4.50. The van der Waals surface area contributed by atoms with Crippen molar-refractivity contribution in [1.29, 1.82) is 0 Å². The molecule has 22 heavy (non-hydrogen) atoms. The van der Waals surface area contributed by atoms with Crippen molar-refractivity contribution >= 4 is 21.9 Å². The van der Waals surface area contributed by atoms with Crippen LogP contribution < -0.4 is 5.32 Å². The number of aromatic nitrogens is 3. The number of hydrogen-bond acceptors (Lipinski definition) is 5. The maximum atomic E-state index is 12.5. The summed E-state index contributed by atoms with van der Waals surface area (Å²) >= 11 is 0. The van der Waals surface area contributed by atoms with Crippen LogP contribution in [-0.2, 0) is 14.8 Å². The molecule has 1 spiro atoms. The average molecular weight is 327 g/mol. The molecule has 1 saturated heterocycles. The Kier molecular flexibility index (Phi) is 3.72. The van der Waals surface area contributed by atoms with E-state index in [1.807, 2.05) is 13.8 Å². The van der Waals surface area contributed by atoms with Crippen molar-refractivity contribution in [2.75, 3.05) is 18.4 Å². The Bertz CT molecular complexity index is 678. The molecule has 9 heteroatoms. The van der Waals surface area contributed by atoms with Crippen molar-refractivity contribution in [1.82, 2.24) is 19.1 Å². The van der Waals surface area contributed by atoms with E-state index in [2.05, 4.69) is 15.4 Å². The van der Waals surface area contributed by atoms with E-state index in [9.17, 15) is 13.2 Å². The topological polar surface area (TPSA) is 97.2 Å². The van der Waals surface area contributed by atoms with E-state index in [0.29, 0.717) is 25.8 Å². The van der Waals surface area contributed by atoms with Gasteiger partial charge in [0.05, 0.1) is 11.3 Å². The minimum Gasteiger partial charge on any atom is -0.292 e. The van der Waals surface area contributed by atoms with Gasteiger partial charge in [0.2, 0.25) is 21.9 Å². The zero-order valence-electron chi connectivity index (χ0n) is 12.8. The molecule has 1 aliphatic heterocycles. The lowest BCUT2D eigenvalue weighted by atomic mass is 10.2. The first kappa shape index (κ1) is 15.4. The van der Waals surface area contributed by atoms with Crippen molar-refractivity contribution in [2.45, 2.75) is 50.3 Å². The van der Waals surface area contributed by atoms with Gasteiger partial charge in [0, 0.05) is 12.6 Å². The molecule has 2 aliphatic rings. The van der Waals surface area contributed by atoms with Crippen molar-refractivity contribution in [2.24, 2.45) is 0 Å². The Hall–Kier alpha value is -1.48. The van der Waals surface area contributed by atoms with Gasteiger partial charge < -0.3 is 0 Å². The summed E-state index contributed by atoms with van der Waals surface area (Å²) in [5.74, 6) is -0.197. The van der Waals surface area contributed by atoms with Crippen molar-refractivity contribution < 1.29 is 13.2 Å². The highest BCUT2D eigenvalue weighted by Crippen LogP contribution is 2.50. The van der Waals surface area contributed by atoms with Gasteiger partial charge in [-0.3, -0.25) is 10.1 Å². The molecule has 1 saturated carbocycles. The first-order valence-corrected chi connectivity index (χ1v) is 8.99. The summed E-state index contributed by atoms with van der Waals surface area (Å²) in [7, 11) is -3.36. The second-order valence-corrected chi connectivity index (χ2v) is 8.65. The van der Waals surface area contributed by atoms with Crippen LogP contribution in [0, 0.1) is 0 Å². The van der Waals surface area contributed by atoms with E-state index in [1.165, 1.54) is 10.6 Å². The molecule has 1 N–H and O–H groups in total. The summed E-state index contributed by atoms with van der Waals surface area (Å²) in [4.78, 5) is 16.1. The third-order valence-corrected chi connectivity index (χ3v) is 7.04. The van der Waals surface area contributed by atoms with Crippen molar-refractivity contribution in [3.05, 3.63) is 6.33 Å². The van der Waals surface area contributed by atoms with Crippen LogP contribution >= 0.6 is 0 Å². The van der Waals surface area contributed by atoms with Crippen LogP contribution in [0.15, 0.2) is 6.33 Å². The number of carbonyl (C=O) groups is 1. The molecule has 2 heterocycles. The number of hydrogen-bond donors (Lipinski definition) is 1. The quantitative estimate of drug-likeness (QED) is 0.880. The van der Waals surface area contributed by atoms with Gasteiger partial charge in [-0.15, -0.1) is 5.10 Å². The van der Waals surface area contributed by atoms with E-state index in [0.717, 1.165) is 6.42 Å². The number of nitrogens with zero attached hydrogens (tertiary/aromatic N) is 4. The highest BCUT2D eigenvalue weighted by atomic mass is 32.2. The molecule has 1 aromatic heterocycles. The fourth-order valence-corrected chi connectivity index (χ4v) is 5.04. The molecule has 0 aromatic carbocycles. The van der Waals surface area contributed by atoms with Crippen LogP contribution in [-0.4, -0.2) is 51.2 Å². The lowest BCUT2D eigenvalue weighted by Crippen LogP contribution is -2.48. The molecule has 1 aromatic rings. The van der Waals surface area contributed by atoms with E-state index >= 15 is 0 Å². The highest BCUT2D eigenvalue weighted by molar-refractivity contribution is 7.90.